The van der Waals surface area contributed by atoms with E-state index in [0.29, 0.717) is 13.0 Å². The Labute approximate surface area is 126 Å². The van der Waals surface area contributed by atoms with Crippen molar-refractivity contribution in [1.82, 2.24) is 0 Å². The van der Waals surface area contributed by atoms with Crippen LogP contribution in [-0.2, 0) is 9.53 Å². The monoisotopic (exact) mass is 296 g/mol. The SMILES string of the molecule is CCOC(=O)C(C)(N)CCCCN(C)c1cccc(F)c1. The molecule has 0 aliphatic carbocycles. The van der Waals surface area contributed by atoms with Gasteiger partial charge in [0.2, 0.25) is 0 Å². The summed E-state index contributed by atoms with van der Waals surface area (Å²) in [6, 6.07) is 6.50. The average molecular weight is 296 g/mol. The Kier molecular flexibility index (Phi) is 6.62. The Morgan fingerprint density at radius 3 is 2.76 bits per heavy atom. The van der Waals surface area contributed by atoms with Crippen LogP contribution in [0.1, 0.15) is 33.1 Å². The largest absolute Gasteiger partial charge is 0.465 e. The highest BCUT2D eigenvalue weighted by molar-refractivity contribution is 5.79. The second-order valence-electron chi connectivity index (χ2n) is 5.50. The van der Waals surface area contributed by atoms with Crippen molar-refractivity contribution in [2.45, 2.75) is 38.6 Å². The lowest BCUT2D eigenvalue weighted by atomic mass is 9.96. The van der Waals surface area contributed by atoms with Crippen molar-refractivity contribution in [1.29, 1.82) is 0 Å². The highest BCUT2D eigenvalue weighted by Crippen LogP contribution is 2.16. The van der Waals surface area contributed by atoms with E-state index >= 15 is 0 Å². The Morgan fingerprint density at radius 2 is 2.14 bits per heavy atom. The van der Waals surface area contributed by atoms with Crippen molar-refractivity contribution in [3.05, 3.63) is 30.1 Å². The van der Waals surface area contributed by atoms with Crippen LogP contribution < -0.4 is 10.6 Å². The maximum atomic E-state index is 13.1. The number of hydrogen-bond acceptors (Lipinski definition) is 4. The summed E-state index contributed by atoms with van der Waals surface area (Å²) in [7, 11) is 1.92. The van der Waals surface area contributed by atoms with Gasteiger partial charge in [0.1, 0.15) is 11.4 Å². The first-order valence-corrected chi connectivity index (χ1v) is 7.29. The van der Waals surface area contributed by atoms with Gasteiger partial charge in [0, 0.05) is 19.3 Å². The number of carbonyl (C=O) groups excluding carboxylic acids is 1. The molecule has 0 aliphatic rings. The molecule has 118 valence electrons. The first-order valence-electron chi connectivity index (χ1n) is 7.29. The molecule has 1 aromatic rings. The molecule has 5 heteroatoms. The molecule has 0 saturated heterocycles. The smallest absolute Gasteiger partial charge is 0.325 e. The minimum atomic E-state index is -0.937. The van der Waals surface area contributed by atoms with E-state index in [0.717, 1.165) is 25.1 Å². The molecule has 0 saturated carbocycles. The maximum Gasteiger partial charge on any atom is 0.325 e. The van der Waals surface area contributed by atoms with Gasteiger partial charge in [-0.1, -0.05) is 6.07 Å². The molecule has 0 aromatic heterocycles. The highest BCUT2D eigenvalue weighted by Gasteiger charge is 2.29. The van der Waals surface area contributed by atoms with Crippen LogP contribution in [-0.4, -0.2) is 31.7 Å². The number of benzene rings is 1. The molecular formula is C16H25FN2O2. The topological polar surface area (TPSA) is 55.6 Å². The second-order valence-corrected chi connectivity index (χ2v) is 5.50. The number of unbranched alkanes of at least 4 members (excludes halogenated alkanes) is 1. The zero-order chi connectivity index (χ0) is 15.9. The number of rotatable bonds is 8. The van der Waals surface area contributed by atoms with E-state index in [4.69, 9.17) is 10.5 Å². The molecule has 0 amide bonds. The number of nitrogens with zero attached hydrogens (tertiary/aromatic N) is 1. The van der Waals surface area contributed by atoms with Crippen LogP contribution in [0.2, 0.25) is 0 Å². The van der Waals surface area contributed by atoms with Crippen LogP contribution in [0, 0.1) is 5.82 Å². The molecule has 0 fully saturated rings. The highest BCUT2D eigenvalue weighted by atomic mass is 19.1. The molecule has 1 aromatic carbocycles. The fourth-order valence-corrected chi connectivity index (χ4v) is 2.08. The Balaban J connectivity index is 2.35. The van der Waals surface area contributed by atoms with E-state index < -0.39 is 5.54 Å². The van der Waals surface area contributed by atoms with Crippen LogP contribution in [0.5, 0.6) is 0 Å². The van der Waals surface area contributed by atoms with E-state index in [9.17, 15) is 9.18 Å². The first-order chi connectivity index (χ1) is 9.86. The van der Waals surface area contributed by atoms with E-state index in [1.807, 2.05) is 18.0 Å². The average Bonchev–Trinajstić information content (AvgIpc) is 2.43. The first kappa shape index (κ1) is 17.4. The molecule has 0 bridgehead atoms. The lowest BCUT2D eigenvalue weighted by Gasteiger charge is -2.23. The van der Waals surface area contributed by atoms with Gasteiger partial charge in [0.25, 0.3) is 0 Å². The van der Waals surface area contributed by atoms with Gasteiger partial charge >= 0.3 is 5.97 Å². The summed E-state index contributed by atoms with van der Waals surface area (Å²) in [5.41, 5.74) is 5.86. The number of nitrogens with two attached hydrogens (primary N) is 1. The zero-order valence-corrected chi connectivity index (χ0v) is 13.1. The Hall–Kier alpha value is -1.62. The van der Waals surface area contributed by atoms with Crippen molar-refractivity contribution in [3.8, 4) is 0 Å². The Bertz CT molecular complexity index is 463. The summed E-state index contributed by atoms with van der Waals surface area (Å²) in [5.74, 6) is -0.598. The number of ether oxygens (including phenoxy) is 1. The third-order valence-electron chi connectivity index (χ3n) is 3.43. The standard InChI is InChI=1S/C16H25FN2O2/c1-4-21-15(20)16(2,18)10-5-6-11-19(3)14-9-7-8-13(17)12-14/h7-9,12H,4-6,10-11,18H2,1-3H3. The van der Waals surface area contributed by atoms with Crippen molar-refractivity contribution < 1.29 is 13.9 Å². The van der Waals surface area contributed by atoms with Crippen LogP contribution in [0.4, 0.5) is 10.1 Å². The van der Waals surface area contributed by atoms with Gasteiger partial charge in [-0.15, -0.1) is 0 Å². The molecular weight excluding hydrogens is 271 g/mol. The van der Waals surface area contributed by atoms with E-state index in [2.05, 4.69) is 0 Å². The summed E-state index contributed by atoms with van der Waals surface area (Å²) in [4.78, 5) is 13.6. The van der Waals surface area contributed by atoms with Gasteiger partial charge in [-0.05, 0) is 51.3 Å². The fourth-order valence-electron chi connectivity index (χ4n) is 2.08. The molecule has 4 nitrogen and oxygen atoms in total. The minimum Gasteiger partial charge on any atom is -0.465 e. The molecule has 1 atom stereocenters. The van der Waals surface area contributed by atoms with Gasteiger partial charge in [0.05, 0.1) is 6.61 Å². The normalized spacial score (nSPS) is 13.6. The molecule has 2 N–H and O–H groups in total. The van der Waals surface area contributed by atoms with Gasteiger partial charge in [0.15, 0.2) is 0 Å². The van der Waals surface area contributed by atoms with Crippen molar-refractivity contribution >= 4 is 11.7 Å². The third-order valence-corrected chi connectivity index (χ3v) is 3.43. The molecule has 0 radical (unpaired) electrons. The predicted octanol–water partition coefficient (Wildman–Crippen LogP) is 2.71. The quantitative estimate of drug-likeness (QED) is 0.592. The fraction of sp³-hybridized carbons (Fsp3) is 0.562. The third kappa shape index (κ3) is 5.71. The molecule has 21 heavy (non-hydrogen) atoms. The zero-order valence-electron chi connectivity index (χ0n) is 13.1. The number of hydrogen-bond donors (Lipinski definition) is 1. The van der Waals surface area contributed by atoms with Gasteiger partial charge in [-0.25, -0.2) is 4.39 Å². The summed E-state index contributed by atoms with van der Waals surface area (Å²) in [6.07, 6.45) is 2.26. The molecule has 1 rings (SSSR count). The van der Waals surface area contributed by atoms with Crippen LogP contribution >= 0.6 is 0 Å². The van der Waals surface area contributed by atoms with Crippen molar-refractivity contribution in [2.75, 3.05) is 25.1 Å². The number of anilines is 1. The maximum absolute atomic E-state index is 13.1. The second kappa shape index (κ2) is 7.98. The van der Waals surface area contributed by atoms with E-state index in [1.54, 1.807) is 19.9 Å². The Morgan fingerprint density at radius 1 is 1.43 bits per heavy atom. The number of carbonyl (C=O) groups is 1. The summed E-state index contributed by atoms with van der Waals surface area (Å²) in [5, 5.41) is 0. The lowest BCUT2D eigenvalue weighted by molar-refractivity contribution is -0.149. The molecule has 0 aliphatic heterocycles. The lowest BCUT2D eigenvalue weighted by Crippen LogP contribution is -2.46. The molecule has 1 unspecified atom stereocenters. The van der Waals surface area contributed by atoms with Crippen molar-refractivity contribution in [3.63, 3.8) is 0 Å². The van der Waals surface area contributed by atoms with Crippen LogP contribution in [0.25, 0.3) is 0 Å². The minimum absolute atomic E-state index is 0.240. The summed E-state index contributed by atoms with van der Waals surface area (Å²) in [6.45, 7) is 4.58. The van der Waals surface area contributed by atoms with Crippen LogP contribution in [0.15, 0.2) is 24.3 Å². The summed E-state index contributed by atoms with van der Waals surface area (Å²) >= 11 is 0. The van der Waals surface area contributed by atoms with E-state index in [-0.39, 0.29) is 11.8 Å². The van der Waals surface area contributed by atoms with Gasteiger partial charge < -0.3 is 15.4 Å². The van der Waals surface area contributed by atoms with Crippen molar-refractivity contribution in [2.24, 2.45) is 5.73 Å². The number of halogens is 1. The number of esters is 1. The van der Waals surface area contributed by atoms with Gasteiger partial charge in [-0.2, -0.15) is 0 Å². The van der Waals surface area contributed by atoms with Gasteiger partial charge in [-0.3, -0.25) is 4.79 Å². The summed E-state index contributed by atoms with van der Waals surface area (Å²) < 4.78 is 18.1. The molecule has 0 spiro atoms. The molecule has 0 heterocycles. The van der Waals surface area contributed by atoms with Crippen LogP contribution in [0.3, 0.4) is 0 Å². The van der Waals surface area contributed by atoms with E-state index in [1.165, 1.54) is 12.1 Å². The predicted molar refractivity (Wildman–Crippen MR) is 82.7 cm³/mol.